The zero-order valence-corrected chi connectivity index (χ0v) is 14.2. The number of nitrogens with zero attached hydrogens (tertiary/aromatic N) is 2. The van der Waals surface area contributed by atoms with E-state index in [1.165, 1.54) is 12.1 Å². The smallest absolute Gasteiger partial charge is 0.191 e. The fourth-order valence-electron chi connectivity index (χ4n) is 2.19. The highest BCUT2D eigenvalue weighted by molar-refractivity contribution is 5.79. The van der Waals surface area contributed by atoms with Crippen LogP contribution in [0.4, 0.5) is 8.78 Å². The molecule has 0 saturated carbocycles. The number of aryl methyl sites for hydroxylation is 1. The molecule has 0 aliphatic heterocycles. The van der Waals surface area contributed by atoms with E-state index in [4.69, 9.17) is 5.26 Å². The number of guanidine groups is 1. The van der Waals surface area contributed by atoms with Crippen LogP contribution in [0, 0.1) is 29.9 Å². The van der Waals surface area contributed by atoms with Crippen molar-refractivity contribution in [3.63, 3.8) is 0 Å². The van der Waals surface area contributed by atoms with Gasteiger partial charge in [-0.3, -0.25) is 0 Å². The lowest BCUT2D eigenvalue weighted by Gasteiger charge is -2.12. The molecule has 0 fully saturated rings. The Morgan fingerprint density at radius 3 is 2.56 bits per heavy atom. The second-order valence-corrected chi connectivity index (χ2v) is 5.55. The van der Waals surface area contributed by atoms with Gasteiger partial charge in [-0.05, 0) is 43.2 Å². The first-order valence-corrected chi connectivity index (χ1v) is 7.99. The van der Waals surface area contributed by atoms with Crippen LogP contribution in [0.2, 0.25) is 0 Å². The van der Waals surface area contributed by atoms with Crippen molar-refractivity contribution in [1.29, 1.82) is 5.26 Å². The molecule has 4 nitrogen and oxygen atoms in total. The highest BCUT2D eigenvalue weighted by Crippen LogP contribution is 2.11. The van der Waals surface area contributed by atoms with Crippen molar-refractivity contribution in [2.24, 2.45) is 4.99 Å². The van der Waals surface area contributed by atoms with Gasteiger partial charge in [-0.1, -0.05) is 18.2 Å². The van der Waals surface area contributed by atoms with Crippen LogP contribution in [0.1, 0.15) is 29.2 Å². The minimum atomic E-state index is -0.442. The Labute approximate surface area is 146 Å². The molecule has 0 aromatic heterocycles. The molecule has 25 heavy (non-hydrogen) atoms. The number of benzene rings is 2. The Morgan fingerprint density at radius 2 is 1.92 bits per heavy atom. The molecular formula is C19H20F2N4. The lowest BCUT2D eigenvalue weighted by Crippen LogP contribution is -2.37. The Hall–Kier alpha value is -2.94. The third kappa shape index (κ3) is 5.28. The van der Waals surface area contributed by atoms with Crippen LogP contribution in [-0.4, -0.2) is 12.5 Å². The summed E-state index contributed by atoms with van der Waals surface area (Å²) in [6.07, 6.45) is 0. The number of nitrogens with one attached hydrogen (secondary N) is 2. The van der Waals surface area contributed by atoms with Crippen LogP contribution in [0.25, 0.3) is 0 Å². The van der Waals surface area contributed by atoms with Crippen molar-refractivity contribution >= 4 is 5.96 Å². The maximum Gasteiger partial charge on any atom is 0.191 e. The summed E-state index contributed by atoms with van der Waals surface area (Å²) >= 11 is 0. The van der Waals surface area contributed by atoms with Gasteiger partial charge in [0.25, 0.3) is 0 Å². The van der Waals surface area contributed by atoms with E-state index >= 15 is 0 Å². The van der Waals surface area contributed by atoms with Crippen molar-refractivity contribution in [2.45, 2.75) is 26.9 Å². The normalized spacial score (nSPS) is 11.1. The molecular weight excluding hydrogens is 322 g/mol. The van der Waals surface area contributed by atoms with Crippen molar-refractivity contribution in [1.82, 2.24) is 10.6 Å². The highest BCUT2D eigenvalue weighted by atomic mass is 19.1. The average Bonchev–Trinajstić information content (AvgIpc) is 2.61. The number of halogens is 2. The van der Waals surface area contributed by atoms with E-state index < -0.39 is 5.82 Å². The molecule has 2 N–H and O–H groups in total. The van der Waals surface area contributed by atoms with Crippen molar-refractivity contribution < 1.29 is 8.78 Å². The van der Waals surface area contributed by atoms with Gasteiger partial charge in [0, 0.05) is 18.7 Å². The van der Waals surface area contributed by atoms with Gasteiger partial charge in [0.15, 0.2) is 5.96 Å². The van der Waals surface area contributed by atoms with Crippen LogP contribution in [0.5, 0.6) is 0 Å². The minimum absolute atomic E-state index is 0.228. The predicted molar refractivity (Wildman–Crippen MR) is 93.9 cm³/mol. The molecule has 6 heteroatoms. The molecule has 2 aromatic rings. The van der Waals surface area contributed by atoms with Gasteiger partial charge in [-0.25, -0.2) is 13.8 Å². The van der Waals surface area contributed by atoms with E-state index in [2.05, 4.69) is 15.6 Å². The number of aliphatic imine (C=N–C) groups is 1. The Morgan fingerprint density at radius 1 is 1.12 bits per heavy atom. The van der Waals surface area contributed by atoms with Crippen LogP contribution in [0.15, 0.2) is 41.4 Å². The molecule has 0 saturated heterocycles. The summed E-state index contributed by atoms with van der Waals surface area (Å²) in [4.78, 5) is 4.39. The molecule has 0 aliphatic carbocycles. The van der Waals surface area contributed by atoms with E-state index in [1.807, 2.05) is 19.1 Å². The van der Waals surface area contributed by atoms with E-state index in [1.54, 1.807) is 25.1 Å². The molecule has 0 radical (unpaired) electrons. The maximum atomic E-state index is 13.9. The molecule has 0 aliphatic rings. The van der Waals surface area contributed by atoms with Gasteiger partial charge < -0.3 is 10.6 Å². The van der Waals surface area contributed by atoms with Gasteiger partial charge in [-0.2, -0.15) is 5.26 Å². The topological polar surface area (TPSA) is 60.2 Å². The molecule has 0 heterocycles. The minimum Gasteiger partial charge on any atom is -0.357 e. The standard InChI is InChI=1S/C19H20F2N4/c1-3-23-19(24-11-15-5-4-13(2)17(20)9-15)25-12-16-7-6-14(10-22)8-18(16)21/h4-9H,3,11-12H2,1-2H3,(H2,23,24,25). The van der Waals surface area contributed by atoms with Crippen LogP contribution < -0.4 is 10.6 Å². The molecule has 0 unspecified atom stereocenters. The lowest BCUT2D eigenvalue weighted by atomic mass is 10.1. The van der Waals surface area contributed by atoms with Crippen molar-refractivity contribution in [3.05, 3.63) is 70.3 Å². The first-order valence-electron chi connectivity index (χ1n) is 7.99. The zero-order chi connectivity index (χ0) is 18.2. The van der Waals surface area contributed by atoms with E-state index in [0.717, 1.165) is 5.56 Å². The summed E-state index contributed by atoms with van der Waals surface area (Å²) < 4.78 is 27.5. The third-order valence-corrected chi connectivity index (χ3v) is 3.63. The molecule has 130 valence electrons. The SMILES string of the molecule is CCNC(=NCc1ccc(C)c(F)c1)NCc1ccc(C#N)cc1F. The summed E-state index contributed by atoms with van der Waals surface area (Å²) in [7, 11) is 0. The second kappa shape index (κ2) is 8.78. The van der Waals surface area contributed by atoms with Gasteiger partial charge in [0.2, 0.25) is 0 Å². The van der Waals surface area contributed by atoms with Crippen LogP contribution >= 0.6 is 0 Å². The molecule has 2 aromatic carbocycles. The average molecular weight is 342 g/mol. The number of rotatable bonds is 5. The van der Waals surface area contributed by atoms with Gasteiger partial charge in [0.1, 0.15) is 11.6 Å². The van der Waals surface area contributed by atoms with Crippen molar-refractivity contribution in [2.75, 3.05) is 6.54 Å². The second-order valence-electron chi connectivity index (χ2n) is 5.55. The molecule has 0 bridgehead atoms. The fourth-order valence-corrected chi connectivity index (χ4v) is 2.19. The molecule has 0 atom stereocenters. The summed E-state index contributed by atoms with van der Waals surface area (Å²) in [5, 5.41) is 14.9. The Balaban J connectivity index is 2.04. The van der Waals surface area contributed by atoms with E-state index in [-0.39, 0.29) is 17.9 Å². The summed E-state index contributed by atoms with van der Waals surface area (Å²) in [5.74, 6) is -0.194. The van der Waals surface area contributed by atoms with E-state index in [9.17, 15) is 8.78 Å². The quantitative estimate of drug-likeness (QED) is 0.647. The van der Waals surface area contributed by atoms with Gasteiger partial charge in [0.05, 0.1) is 18.2 Å². The Kier molecular flexibility index (Phi) is 6.47. The number of nitriles is 1. The number of hydrogen-bond acceptors (Lipinski definition) is 2. The first kappa shape index (κ1) is 18.4. The lowest BCUT2D eigenvalue weighted by molar-refractivity contribution is 0.604. The third-order valence-electron chi connectivity index (χ3n) is 3.63. The predicted octanol–water partition coefficient (Wildman–Crippen LogP) is 3.40. The van der Waals surface area contributed by atoms with Gasteiger partial charge >= 0.3 is 0 Å². The van der Waals surface area contributed by atoms with Crippen molar-refractivity contribution in [3.8, 4) is 6.07 Å². The van der Waals surface area contributed by atoms with Gasteiger partial charge in [-0.15, -0.1) is 0 Å². The maximum absolute atomic E-state index is 13.9. The first-order chi connectivity index (χ1) is 12.0. The largest absolute Gasteiger partial charge is 0.357 e. The monoisotopic (exact) mass is 342 g/mol. The zero-order valence-electron chi connectivity index (χ0n) is 14.2. The summed E-state index contributed by atoms with van der Waals surface area (Å²) in [6, 6.07) is 11.2. The Bertz CT molecular complexity index is 810. The fraction of sp³-hybridized carbons (Fsp3) is 0.263. The van der Waals surface area contributed by atoms with E-state index in [0.29, 0.717) is 30.2 Å². The molecule has 0 amide bonds. The summed E-state index contributed by atoms with van der Waals surface area (Å²) in [5.41, 5.74) is 2.06. The molecule has 2 rings (SSSR count). The number of hydrogen-bond donors (Lipinski definition) is 2. The van der Waals surface area contributed by atoms with Crippen LogP contribution in [0.3, 0.4) is 0 Å². The highest BCUT2D eigenvalue weighted by Gasteiger charge is 2.05. The molecule has 0 spiro atoms. The van der Waals surface area contributed by atoms with Crippen LogP contribution in [-0.2, 0) is 13.1 Å². The summed E-state index contributed by atoms with van der Waals surface area (Å²) in [6.45, 7) is 4.81.